The topological polar surface area (TPSA) is 153 Å². The fourth-order valence-corrected chi connectivity index (χ4v) is 2.75. The van der Waals surface area contributed by atoms with Crippen LogP contribution in [0.4, 0.5) is 0 Å². The van der Waals surface area contributed by atoms with Gasteiger partial charge >= 0.3 is 5.97 Å². The van der Waals surface area contributed by atoms with E-state index in [9.17, 15) is 14.4 Å². The molecule has 168 valence electrons. The zero-order valence-corrected chi connectivity index (χ0v) is 17.6. The van der Waals surface area contributed by atoms with E-state index in [1.54, 1.807) is 31.2 Å². The fraction of sp³-hybridized carbons (Fsp3) is 0.318. The van der Waals surface area contributed by atoms with Gasteiger partial charge in [0.15, 0.2) is 0 Å². The number of azide groups is 1. The van der Waals surface area contributed by atoms with Crippen LogP contribution in [0.25, 0.3) is 10.4 Å². The van der Waals surface area contributed by atoms with Gasteiger partial charge in [0.2, 0.25) is 5.91 Å². The van der Waals surface area contributed by atoms with Crippen LogP contribution >= 0.6 is 0 Å². The monoisotopic (exact) mass is 439 g/mol. The van der Waals surface area contributed by atoms with Crippen molar-refractivity contribution in [2.75, 3.05) is 6.54 Å². The number of carbonyl (C=O) groups excluding carboxylic acids is 2. The zero-order chi connectivity index (χ0) is 23.3. The Balaban J connectivity index is 1.83. The first-order valence-corrected chi connectivity index (χ1v) is 9.94. The Kier molecular flexibility index (Phi) is 9.70. The van der Waals surface area contributed by atoms with Crippen molar-refractivity contribution in [3.63, 3.8) is 0 Å². The molecule has 0 radical (unpaired) electrons. The average molecular weight is 439 g/mol. The Morgan fingerprint density at radius 3 is 2.41 bits per heavy atom. The molecule has 10 heteroatoms. The summed E-state index contributed by atoms with van der Waals surface area (Å²) in [4.78, 5) is 38.0. The molecule has 0 aliphatic rings. The van der Waals surface area contributed by atoms with Crippen molar-refractivity contribution in [3.8, 4) is 0 Å². The average Bonchev–Trinajstić information content (AvgIpc) is 2.80. The van der Waals surface area contributed by atoms with Crippen LogP contribution in [0.1, 0.15) is 34.8 Å². The molecule has 2 aromatic carbocycles. The van der Waals surface area contributed by atoms with Crippen molar-refractivity contribution in [3.05, 3.63) is 81.7 Å². The van der Waals surface area contributed by atoms with Gasteiger partial charge in [0.05, 0.1) is 13.0 Å². The van der Waals surface area contributed by atoms with Crippen molar-refractivity contribution >= 4 is 17.8 Å². The molecule has 3 N–H and O–H groups in total. The molecule has 2 atom stereocenters. The normalized spacial score (nSPS) is 12.2. The van der Waals surface area contributed by atoms with Crippen LogP contribution in [0.15, 0.2) is 59.7 Å². The summed E-state index contributed by atoms with van der Waals surface area (Å²) in [7, 11) is 0. The van der Waals surface area contributed by atoms with Gasteiger partial charge in [0, 0.05) is 29.6 Å². The molecule has 0 aliphatic heterocycles. The minimum absolute atomic E-state index is 0.164. The summed E-state index contributed by atoms with van der Waals surface area (Å²) in [5, 5.41) is 17.6. The number of amides is 2. The number of ether oxygens (including phenoxy) is 1. The number of carboxylic acid groups (broad SMARTS) is 1. The second-order valence-electron chi connectivity index (χ2n) is 7.04. The van der Waals surface area contributed by atoms with E-state index in [1.165, 1.54) is 0 Å². The first kappa shape index (κ1) is 24.4. The molecule has 0 saturated heterocycles. The molecular weight excluding hydrogens is 414 g/mol. The van der Waals surface area contributed by atoms with Gasteiger partial charge in [-0.3, -0.25) is 14.4 Å². The Morgan fingerprint density at radius 2 is 1.78 bits per heavy atom. The molecule has 0 aromatic heterocycles. The van der Waals surface area contributed by atoms with E-state index in [1.807, 2.05) is 30.3 Å². The van der Waals surface area contributed by atoms with Crippen LogP contribution in [0, 0.1) is 0 Å². The molecule has 0 heterocycles. The summed E-state index contributed by atoms with van der Waals surface area (Å²) in [5.41, 5.74) is 10.5. The predicted octanol–water partition coefficient (Wildman–Crippen LogP) is 2.79. The summed E-state index contributed by atoms with van der Waals surface area (Å²) in [6.45, 7) is 2.11. The highest BCUT2D eigenvalue weighted by Gasteiger charge is 2.17. The van der Waals surface area contributed by atoms with E-state index in [4.69, 9.17) is 15.4 Å². The Hall–Kier alpha value is -3.88. The summed E-state index contributed by atoms with van der Waals surface area (Å²) in [6, 6.07) is 15.2. The Bertz CT molecular complexity index is 954. The molecule has 0 bridgehead atoms. The maximum atomic E-state index is 12.3. The van der Waals surface area contributed by atoms with E-state index in [2.05, 4.69) is 20.7 Å². The molecule has 0 saturated carbocycles. The molecule has 0 aliphatic carbocycles. The molecule has 10 nitrogen and oxygen atoms in total. The Morgan fingerprint density at radius 1 is 1.09 bits per heavy atom. The number of carbonyl (C=O) groups is 3. The third kappa shape index (κ3) is 8.47. The lowest BCUT2D eigenvalue weighted by atomic mass is 10.1. The van der Waals surface area contributed by atoms with Crippen molar-refractivity contribution in [2.24, 2.45) is 5.11 Å². The number of benzene rings is 2. The molecule has 2 aromatic rings. The first-order valence-electron chi connectivity index (χ1n) is 9.94. The minimum atomic E-state index is -1.11. The van der Waals surface area contributed by atoms with Crippen molar-refractivity contribution in [2.45, 2.75) is 38.6 Å². The van der Waals surface area contributed by atoms with Gasteiger partial charge in [-0.25, -0.2) is 0 Å². The van der Waals surface area contributed by atoms with Gasteiger partial charge in [-0.15, -0.1) is 0 Å². The van der Waals surface area contributed by atoms with Crippen LogP contribution in [0.5, 0.6) is 0 Å². The molecule has 32 heavy (non-hydrogen) atoms. The van der Waals surface area contributed by atoms with E-state index >= 15 is 0 Å². The van der Waals surface area contributed by atoms with E-state index in [0.29, 0.717) is 12.2 Å². The van der Waals surface area contributed by atoms with Crippen molar-refractivity contribution in [1.29, 1.82) is 0 Å². The largest absolute Gasteiger partial charge is 0.481 e. The standard InChI is InChI=1S/C22H25N5O5/c1-15(32-14-17-5-3-2-4-6-17)21(30)24-12-16-7-9-18(10-8-16)22(31)26-19(11-20(28)29)13-25-27-23/h2-10,15,19H,11-14H2,1H3,(H,24,30)(H,26,31)(H,28,29)/t15-,19-/m0/s1. The number of aliphatic carboxylic acids is 1. The second kappa shape index (κ2) is 12.7. The van der Waals surface area contributed by atoms with Crippen LogP contribution in [-0.4, -0.2) is 41.6 Å². The molecule has 2 amide bonds. The van der Waals surface area contributed by atoms with Gasteiger partial charge in [0.1, 0.15) is 6.10 Å². The van der Waals surface area contributed by atoms with Crippen molar-refractivity contribution in [1.82, 2.24) is 10.6 Å². The first-order chi connectivity index (χ1) is 15.4. The number of nitrogens with one attached hydrogen (secondary N) is 2. The van der Waals surface area contributed by atoms with E-state index < -0.39 is 24.0 Å². The number of carboxylic acids is 1. The van der Waals surface area contributed by atoms with E-state index in [-0.39, 0.29) is 25.4 Å². The third-order valence-corrected chi connectivity index (χ3v) is 4.52. The minimum Gasteiger partial charge on any atom is -0.481 e. The highest BCUT2D eigenvalue weighted by Crippen LogP contribution is 2.07. The third-order valence-electron chi connectivity index (χ3n) is 4.52. The quantitative estimate of drug-likeness (QED) is 0.264. The highest BCUT2D eigenvalue weighted by atomic mass is 16.5. The molecule has 0 spiro atoms. The lowest BCUT2D eigenvalue weighted by Crippen LogP contribution is -2.38. The van der Waals surface area contributed by atoms with Crippen LogP contribution in [0.3, 0.4) is 0 Å². The van der Waals surface area contributed by atoms with Crippen LogP contribution in [0.2, 0.25) is 0 Å². The maximum absolute atomic E-state index is 12.3. The number of nitrogens with zero attached hydrogens (tertiary/aromatic N) is 3. The van der Waals surface area contributed by atoms with Gasteiger partial charge in [-0.1, -0.05) is 47.6 Å². The summed E-state index contributed by atoms with van der Waals surface area (Å²) in [5.74, 6) is -1.85. The lowest BCUT2D eigenvalue weighted by Gasteiger charge is -2.15. The number of rotatable bonds is 12. The number of hydrogen-bond donors (Lipinski definition) is 3. The summed E-state index contributed by atoms with van der Waals surface area (Å²) < 4.78 is 5.58. The molecule has 2 rings (SSSR count). The highest BCUT2D eigenvalue weighted by molar-refractivity contribution is 5.94. The molecule has 0 fully saturated rings. The predicted molar refractivity (Wildman–Crippen MR) is 117 cm³/mol. The Labute approximate surface area is 185 Å². The SMILES string of the molecule is C[C@H](OCc1ccccc1)C(=O)NCc1ccc(C(=O)N[C@H](CN=[N+]=[N-])CC(=O)O)cc1. The number of hydrogen-bond acceptors (Lipinski definition) is 5. The van der Waals surface area contributed by atoms with Gasteiger partial charge in [0.25, 0.3) is 5.91 Å². The van der Waals surface area contributed by atoms with Gasteiger partial charge in [-0.05, 0) is 35.7 Å². The second-order valence-corrected chi connectivity index (χ2v) is 7.04. The van der Waals surface area contributed by atoms with Crippen molar-refractivity contribution < 1.29 is 24.2 Å². The van der Waals surface area contributed by atoms with Gasteiger partial charge < -0.3 is 20.5 Å². The molecule has 0 unspecified atom stereocenters. The van der Waals surface area contributed by atoms with Gasteiger partial charge in [-0.2, -0.15) is 0 Å². The zero-order valence-electron chi connectivity index (χ0n) is 17.6. The fourth-order valence-electron chi connectivity index (χ4n) is 2.75. The summed E-state index contributed by atoms with van der Waals surface area (Å²) in [6.07, 6.45) is -0.984. The maximum Gasteiger partial charge on any atom is 0.305 e. The molecular formula is C22H25N5O5. The van der Waals surface area contributed by atoms with Crippen LogP contribution in [-0.2, 0) is 27.5 Å². The smallest absolute Gasteiger partial charge is 0.305 e. The van der Waals surface area contributed by atoms with E-state index in [0.717, 1.165) is 11.1 Å². The summed E-state index contributed by atoms with van der Waals surface area (Å²) >= 11 is 0. The van der Waals surface area contributed by atoms with Crippen LogP contribution < -0.4 is 10.6 Å². The lowest BCUT2D eigenvalue weighted by molar-refractivity contribution is -0.137.